The summed E-state index contributed by atoms with van der Waals surface area (Å²) in [4.78, 5) is 18.4. The van der Waals surface area contributed by atoms with Crippen LogP contribution in [0.1, 0.15) is 31.8 Å². The van der Waals surface area contributed by atoms with Gasteiger partial charge >= 0.3 is 5.97 Å². The van der Waals surface area contributed by atoms with Crippen molar-refractivity contribution in [3.8, 4) is 17.2 Å². The van der Waals surface area contributed by atoms with Gasteiger partial charge in [-0.05, 0) is 41.5 Å². The molecule has 38 heavy (non-hydrogen) atoms. The number of methoxy groups -OCH3 is 2. The van der Waals surface area contributed by atoms with Crippen LogP contribution in [-0.2, 0) is 17.7 Å². The number of rotatable bonds is 10. The number of benzene rings is 2. The number of pyridine rings is 1. The fourth-order valence-electron chi connectivity index (χ4n) is 3.73. The number of carbonyl (C=O) groups is 1. The lowest BCUT2D eigenvalue weighted by molar-refractivity contribution is 0.0303. The lowest BCUT2D eigenvalue weighted by atomic mass is 10.0. The second kappa shape index (κ2) is 12.3. The molecule has 2 aromatic carbocycles. The highest BCUT2D eigenvalue weighted by molar-refractivity contribution is 7.13. The molecular weight excluding hydrogens is 554 g/mol. The number of phenolic OH excluding ortho intramolecular Hbond substituents is 1. The van der Waals surface area contributed by atoms with Crippen LogP contribution in [0.2, 0.25) is 10.0 Å². The number of carbonyl (C=O) groups excluding carboxylic acids is 1. The van der Waals surface area contributed by atoms with Gasteiger partial charge in [0, 0.05) is 48.1 Å². The average molecular weight is 577 g/mol. The molecule has 0 fully saturated rings. The number of esters is 1. The quantitative estimate of drug-likeness (QED) is 0.195. The van der Waals surface area contributed by atoms with Gasteiger partial charge in [0.1, 0.15) is 22.5 Å². The van der Waals surface area contributed by atoms with Crippen molar-refractivity contribution in [1.82, 2.24) is 4.98 Å². The van der Waals surface area contributed by atoms with E-state index in [2.05, 4.69) is 10.3 Å². The minimum Gasteiger partial charge on any atom is -0.508 e. The number of nitrogens with one attached hydrogen (secondary N) is 1. The summed E-state index contributed by atoms with van der Waals surface area (Å²) in [6.07, 6.45) is 2.41. The maximum Gasteiger partial charge on any atom is 0.348 e. The summed E-state index contributed by atoms with van der Waals surface area (Å²) in [6.45, 7) is 0.322. The molecule has 0 saturated heterocycles. The number of thiophene rings is 1. The maximum absolute atomic E-state index is 13.5. The van der Waals surface area contributed by atoms with Crippen LogP contribution in [0.5, 0.6) is 17.2 Å². The number of aromatic hydroxyl groups is 1. The second-order valence-electron chi connectivity index (χ2n) is 8.11. The Morgan fingerprint density at radius 3 is 2.47 bits per heavy atom. The van der Waals surface area contributed by atoms with E-state index in [1.165, 1.54) is 50.1 Å². The van der Waals surface area contributed by atoms with E-state index in [9.17, 15) is 14.3 Å². The molecule has 0 saturated carbocycles. The number of ether oxygens (including phenoxy) is 3. The molecular formula is C27H23Cl2FN2O5S. The Hall–Kier alpha value is -3.53. The van der Waals surface area contributed by atoms with Crippen molar-refractivity contribution < 1.29 is 28.5 Å². The van der Waals surface area contributed by atoms with Crippen LogP contribution in [0.15, 0.2) is 60.9 Å². The first-order valence-electron chi connectivity index (χ1n) is 11.3. The molecule has 7 nitrogen and oxygen atoms in total. The summed E-state index contributed by atoms with van der Waals surface area (Å²) in [5.74, 6) is -0.267. The Kier molecular flexibility index (Phi) is 8.93. The SMILES string of the molecule is COc1ccc([C@H](Cc2c(Cl)cncc2Cl)OC(=O)c2ccc(CNc3cc(O)cc(F)c3)s2)cc1OC. The molecule has 0 spiro atoms. The molecule has 1 atom stereocenters. The maximum atomic E-state index is 13.5. The van der Waals surface area contributed by atoms with Gasteiger partial charge in [-0.2, -0.15) is 0 Å². The molecule has 4 rings (SSSR count). The highest BCUT2D eigenvalue weighted by Crippen LogP contribution is 2.36. The Balaban J connectivity index is 1.55. The Labute approximate surface area is 232 Å². The van der Waals surface area contributed by atoms with Crippen molar-refractivity contribution in [1.29, 1.82) is 0 Å². The van der Waals surface area contributed by atoms with Crippen LogP contribution >= 0.6 is 34.5 Å². The fourth-order valence-corrected chi connectivity index (χ4v) is 5.08. The van der Waals surface area contributed by atoms with E-state index < -0.39 is 17.9 Å². The first-order chi connectivity index (χ1) is 18.3. The zero-order valence-electron chi connectivity index (χ0n) is 20.3. The number of hydrogen-bond donors (Lipinski definition) is 2. The molecule has 2 N–H and O–H groups in total. The largest absolute Gasteiger partial charge is 0.508 e. The van der Waals surface area contributed by atoms with Crippen LogP contribution in [0, 0.1) is 5.82 Å². The van der Waals surface area contributed by atoms with Gasteiger partial charge in [-0.25, -0.2) is 9.18 Å². The third-order valence-electron chi connectivity index (χ3n) is 5.58. The number of phenols is 1. The Bertz CT molecular complexity index is 1410. The van der Waals surface area contributed by atoms with Gasteiger partial charge in [-0.1, -0.05) is 29.3 Å². The number of hydrogen-bond acceptors (Lipinski definition) is 8. The smallest absolute Gasteiger partial charge is 0.348 e. The fraction of sp³-hybridized carbons (Fsp3) is 0.185. The lowest BCUT2D eigenvalue weighted by Gasteiger charge is -2.20. The molecule has 0 aliphatic heterocycles. The van der Waals surface area contributed by atoms with Gasteiger partial charge in [0.25, 0.3) is 0 Å². The highest BCUT2D eigenvalue weighted by atomic mass is 35.5. The number of aromatic nitrogens is 1. The normalized spacial score (nSPS) is 11.6. The standard InChI is InChI=1S/C27H23Cl2FN2O5S/c1-35-23-5-3-15(7-25(23)36-2)24(11-20-21(28)13-31-14-22(20)29)37-27(34)26-6-4-19(38-26)12-32-17-8-16(30)9-18(33)10-17/h3-10,13-14,24,32-33H,11-12H2,1-2H3/t24-/m0/s1. The summed E-state index contributed by atoms with van der Waals surface area (Å²) in [7, 11) is 3.05. The predicted octanol–water partition coefficient (Wildman–Crippen LogP) is 7.06. The molecule has 0 unspecified atom stereocenters. The monoisotopic (exact) mass is 576 g/mol. The molecule has 0 aliphatic rings. The molecule has 2 heterocycles. The van der Waals surface area contributed by atoms with Crippen LogP contribution < -0.4 is 14.8 Å². The van der Waals surface area contributed by atoms with Gasteiger partial charge in [-0.15, -0.1) is 11.3 Å². The van der Waals surface area contributed by atoms with Gasteiger partial charge < -0.3 is 24.6 Å². The van der Waals surface area contributed by atoms with Crippen molar-refractivity contribution in [2.75, 3.05) is 19.5 Å². The summed E-state index contributed by atoms with van der Waals surface area (Å²) >= 11 is 13.9. The second-order valence-corrected chi connectivity index (χ2v) is 10.1. The van der Waals surface area contributed by atoms with Crippen molar-refractivity contribution in [3.05, 3.63) is 97.7 Å². The van der Waals surface area contributed by atoms with E-state index >= 15 is 0 Å². The van der Waals surface area contributed by atoms with E-state index in [-0.39, 0.29) is 12.2 Å². The average Bonchev–Trinajstić information content (AvgIpc) is 3.37. The number of nitrogens with zero attached hydrogens (tertiary/aromatic N) is 1. The molecule has 2 aromatic heterocycles. The van der Waals surface area contributed by atoms with Crippen molar-refractivity contribution >= 4 is 46.2 Å². The first kappa shape index (κ1) is 27.5. The van der Waals surface area contributed by atoms with E-state index in [4.69, 9.17) is 37.4 Å². The molecule has 0 aliphatic carbocycles. The van der Waals surface area contributed by atoms with Gasteiger partial charge in [-0.3, -0.25) is 4.98 Å². The summed E-state index contributed by atoms with van der Waals surface area (Å²) < 4.78 is 30.2. The Morgan fingerprint density at radius 2 is 1.79 bits per heavy atom. The summed E-state index contributed by atoms with van der Waals surface area (Å²) in [5, 5.41) is 13.3. The van der Waals surface area contributed by atoms with E-state index in [0.29, 0.717) is 49.8 Å². The molecule has 198 valence electrons. The van der Waals surface area contributed by atoms with Crippen LogP contribution in [-0.4, -0.2) is 30.3 Å². The van der Waals surface area contributed by atoms with Crippen LogP contribution in [0.4, 0.5) is 10.1 Å². The zero-order valence-corrected chi connectivity index (χ0v) is 22.7. The van der Waals surface area contributed by atoms with Crippen LogP contribution in [0.3, 0.4) is 0 Å². The Morgan fingerprint density at radius 1 is 1.05 bits per heavy atom. The number of halogens is 3. The highest BCUT2D eigenvalue weighted by Gasteiger charge is 2.24. The molecule has 0 bridgehead atoms. The number of anilines is 1. The van der Waals surface area contributed by atoms with E-state index in [1.807, 2.05) is 0 Å². The molecule has 0 amide bonds. The minimum atomic E-state index is -0.751. The molecule has 0 radical (unpaired) electrons. The van der Waals surface area contributed by atoms with Gasteiger partial charge in [0.2, 0.25) is 0 Å². The summed E-state index contributed by atoms with van der Waals surface area (Å²) in [5.41, 5.74) is 1.66. The van der Waals surface area contributed by atoms with E-state index in [1.54, 1.807) is 30.3 Å². The minimum absolute atomic E-state index is 0.182. The zero-order chi connectivity index (χ0) is 27.2. The molecule has 11 heteroatoms. The first-order valence-corrected chi connectivity index (χ1v) is 12.9. The predicted molar refractivity (Wildman–Crippen MR) is 145 cm³/mol. The van der Waals surface area contributed by atoms with E-state index in [0.717, 1.165) is 10.9 Å². The molecule has 4 aromatic rings. The van der Waals surface area contributed by atoms with Gasteiger partial charge in [0.05, 0.1) is 24.3 Å². The third kappa shape index (κ3) is 6.66. The topological polar surface area (TPSA) is 89.9 Å². The van der Waals surface area contributed by atoms with Crippen molar-refractivity contribution in [3.63, 3.8) is 0 Å². The third-order valence-corrected chi connectivity index (χ3v) is 7.30. The van der Waals surface area contributed by atoms with Crippen molar-refractivity contribution in [2.24, 2.45) is 0 Å². The summed E-state index contributed by atoms with van der Waals surface area (Å²) in [6, 6.07) is 12.4. The lowest BCUT2D eigenvalue weighted by Crippen LogP contribution is -2.14. The van der Waals surface area contributed by atoms with Crippen molar-refractivity contribution in [2.45, 2.75) is 19.1 Å². The van der Waals surface area contributed by atoms with Gasteiger partial charge in [0.15, 0.2) is 11.5 Å². The van der Waals surface area contributed by atoms with Crippen LogP contribution in [0.25, 0.3) is 0 Å².